The van der Waals surface area contributed by atoms with Crippen molar-refractivity contribution >= 4 is 17.8 Å². The van der Waals surface area contributed by atoms with Gasteiger partial charge in [0.25, 0.3) is 11.9 Å². The van der Waals surface area contributed by atoms with Gasteiger partial charge < -0.3 is 20.6 Å². The number of hydrogen-bond acceptors (Lipinski definition) is 5. The molecule has 0 aliphatic rings. The number of nitrogens with one attached hydrogen (secondary N) is 1. The zero-order valence-electron chi connectivity index (χ0n) is 9.45. The Kier molecular flexibility index (Phi) is 6.49. The van der Waals surface area contributed by atoms with Crippen LogP contribution in [0.5, 0.6) is 5.75 Å². The minimum absolute atomic E-state index is 0.186. The van der Waals surface area contributed by atoms with Crippen LogP contribution in [0.25, 0.3) is 0 Å². The summed E-state index contributed by atoms with van der Waals surface area (Å²) >= 11 is 0. The van der Waals surface area contributed by atoms with Crippen molar-refractivity contribution in [2.24, 2.45) is 0 Å². The Morgan fingerprint density at radius 1 is 1.33 bits per heavy atom. The quantitative estimate of drug-likeness (QED) is 0.582. The lowest BCUT2D eigenvalue weighted by molar-refractivity contribution is -0.136. The zero-order chi connectivity index (χ0) is 14.1. The van der Waals surface area contributed by atoms with Crippen molar-refractivity contribution in [2.75, 3.05) is 6.54 Å². The predicted molar refractivity (Wildman–Crippen MR) is 59.2 cm³/mol. The normalized spacial score (nSPS) is 8.72. The summed E-state index contributed by atoms with van der Waals surface area (Å²) in [4.78, 5) is 33.9. The molecule has 0 saturated heterocycles. The fourth-order valence-electron chi connectivity index (χ4n) is 0.811. The number of aromatic nitrogens is 1. The van der Waals surface area contributed by atoms with E-state index in [1.807, 2.05) is 0 Å². The SMILES string of the molecule is CC(=O)O.O=C(O)CNC(=O)c1ncccc1O. The number of pyridine rings is 1. The molecule has 8 nitrogen and oxygen atoms in total. The summed E-state index contributed by atoms with van der Waals surface area (Å²) in [7, 11) is 0. The van der Waals surface area contributed by atoms with Gasteiger partial charge in [-0.1, -0.05) is 0 Å². The number of hydrogen-bond donors (Lipinski definition) is 4. The lowest BCUT2D eigenvalue weighted by Crippen LogP contribution is -2.29. The molecular formula is C10H12N2O6. The van der Waals surface area contributed by atoms with Crippen molar-refractivity contribution in [3.63, 3.8) is 0 Å². The molecule has 0 aliphatic heterocycles. The van der Waals surface area contributed by atoms with Gasteiger partial charge in [-0.2, -0.15) is 0 Å². The Balaban J connectivity index is 0.000000631. The predicted octanol–water partition coefficient (Wildman–Crippen LogP) is -0.307. The monoisotopic (exact) mass is 256 g/mol. The third-order valence-corrected chi connectivity index (χ3v) is 1.40. The van der Waals surface area contributed by atoms with E-state index < -0.39 is 24.4 Å². The number of nitrogens with zero attached hydrogens (tertiary/aromatic N) is 1. The van der Waals surface area contributed by atoms with Crippen LogP contribution in [0.2, 0.25) is 0 Å². The number of carboxylic acid groups (broad SMARTS) is 2. The van der Waals surface area contributed by atoms with Crippen LogP contribution in [0, 0.1) is 0 Å². The summed E-state index contributed by atoms with van der Waals surface area (Å²) in [5, 5.41) is 27.0. The van der Waals surface area contributed by atoms with Crippen molar-refractivity contribution in [2.45, 2.75) is 6.92 Å². The molecule has 0 aromatic carbocycles. The highest BCUT2D eigenvalue weighted by Gasteiger charge is 2.12. The molecule has 0 unspecified atom stereocenters. The molecule has 1 aromatic rings. The van der Waals surface area contributed by atoms with Gasteiger partial charge in [0.2, 0.25) is 0 Å². The summed E-state index contributed by atoms with van der Waals surface area (Å²) in [6, 6.07) is 2.76. The van der Waals surface area contributed by atoms with E-state index in [4.69, 9.17) is 15.0 Å². The first-order valence-corrected chi connectivity index (χ1v) is 4.68. The maximum atomic E-state index is 11.2. The Morgan fingerprint density at radius 3 is 2.33 bits per heavy atom. The summed E-state index contributed by atoms with van der Waals surface area (Å²) in [5.41, 5.74) is -0.186. The van der Waals surface area contributed by atoms with Crippen molar-refractivity contribution in [1.82, 2.24) is 10.3 Å². The molecule has 0 saturated carbocycles. The third kappa shape index (κ3) is 6.77. The zero-order valence-corrected chi connectivity index (χ0v) is 9.45. The molecule has 8 heteroatoms. The second-order valence-electron chi connectivity index (χ2n) is 2.97. The molecule has 1 rings (SSSR count). The smallest absolute Gasteiger partial charge is 0.322 e. The summed E-state index contributed by atoms with van der Waals surface area (Å²) < 4.78 is 0. The van der Waals surface area contributed by atoms with Crippen LogP contribution in [0.4, 0.5) is 0 Å². The molecule has 1 amide bonds. The molecule has 1 heterocycles. The van der Waals surface area contributed by atoms with E-state index in [9.17, 15) is 14.7 Å². The Labute approximate surface area is 102 Å². The molecule has 0 aliphatic carbocycles. The molecular weight excluding hydrogens is 244 g/mol. The van der Waals surface area contributed by atoms with E-state index >= 15 is 0 Å². The lowest BCUT2D eigenvalue weighted by atomic mass is 10.3. The van der Waals surface area contributed by atoms with Crippen LogP contribution in [0.15, 0.2) is 18.3 Å². The van der Waals surface area contributed by atoms with Gasteiger partial charge in [-0.25, -0.2) is 4.98 Å². The fourth-order valence-corrected chi connectivity index (χ4v) is 0.811. The van der Waals surface area contributed by atoms with Gasteiger partial charge in [0.15, 0.2) is 5.69 Å². The van der Waals surface area contributed by atoms with Gasteiger partial charge in [-0.05, 0) is 12.1 Å². The second-order valence-corrected chi connectivity index (χ2v) is 2.97. The Hall–Kier alpha value is -2.64. The summed E-state index contributed by atoms with van der Waals surface area (Å²) in [6.07, 6.45) is 1.33. The summed E-state index contributed by atoms with van der Waals surface area (Å²) in [6.45, 7) is 0.578. The molecule has 1 aromatic heterocycles. The number of aromatic hydroxyl groups is 1. The average Bonchev–Trinajstić information content (AvgIpc) is 2.25. The largest absolute Gasteiger partial charge is 0.505 e. The van der Waals surface area contributed by atoms with Gasteiger partial charge in [0.05, 0.1) is 0 Å². The molecule has 4 N–H and O–H groups in total. The van der Waals surface area contributed by atoms with Crippen LogP contribution in [-0.2, 0) is 9.59 Å². The number of carboxylic acids is 2. The minimum Gasteiger partial charge on any atom is -0.505 e. The highest BCUT2D eigenvalue weighted by Crippen LogP contribution is 2.11. The molecule has 0 atom stereocenters. The van der Waals surface area contributed by atoms with E-state index in [1.54, 1.807) is 0 Å². The number of amides is 1. The third-order valence-electron chi connectivity index (χ3n) is 1.40. The van der Waals surface area contributed by atoms with Gasteiger partial charge in [0.1, 0.15) is 12.3 Å². The van der Waals surface area contributed by atoms with Crippen LogP contribution in [-0.4, -0.2) is 44.7 Å². The fraction of sp³-hybridized carbons (Fsp3) is 0.200. The van der Waals surface area contributed by atoms with Crippen molar-refractivity contribution in [3.8, 4) is 5.75 Å². The summed E-state index contributed by atoms with van der Waals surface area (Å²) in [5.74, 6) is -2.99. The molecule has 0 spiro atoms. The molecule has 98 valence electrons. The van der Waals surface area contributed by atoms with E-state index in [-0.39, 0.29) is 11.4 Å². The van der Waals surface area contributed by atoms with Crippen LogP contribution < -0.4 is 5.32 Å². The molecule has 18 heavy (non-hydrogen) atoms. The number of aliphatic carboxylic acids is 2. The van der Waals surface area contributed by atoms with Crippen molar-refractivity contribution in [1.29, 1.82) is 0 Å². The second kappa shape index (κ2) is 7.60. The number of carbonyl (C=O) groups is 3. The Morgan fingerprint density at radius 2 is 1.89 bits per heavy atom. The van der Waals surface area contributed by atoms with E-state index in [0.29, 0.717) is 0 Å². The van der Waals surface area contributed by atoms with Crippen molar-refractivity contribution < 1.29 is 29.7 Å². The van der Waals surface area contributed by atoms with Gasteiger partial charge in [-0.15, -0.1) is 0 Å². The molecule has 0 fully saturated rings. The minimum atomic E-state index is -1.16. The van der Waals surface area contributed by atoms with Crippen LogP contribution in [0.1, 0.15) is 17.4 Å². The average molecular weight is 256 g/mol. The van der Waals surface area contributed by atoms with E-state index in [0.717, 1.165) is 6.92 Å². The number of rotatable bonds is 3. The first-order chi connectivity index (χ1) is 8.34. The van der Waals surface area contributed by atoms with Crippen LogP contribution in [0.3, 0.4) is 0 Å². The first-order valence-electron chi connectivity index (χ1n) is 4.68. The molecule has 0 bridgehead atoms. The maximum Gasteiger partial charge on any atom is 0.322 e. The van der Waals surface area contributed by atoms with Crippen molar-refractivity contribution in [3.05, 3.63) is 24.0 Å². The van der Waals surface area contributed by atoms with E-state index in [2.05, 4.69) is 10.3 Å². The number of carbonyl (C=O) groups excluding carboxylic acids is 1. The standard InChI is InChI=1S/C8H8N2O4.C2H4O2/c11-5-2-1-3-9-7(5)8(14)10-4-6(12)13;1-2(3)4/h1-3,11H,4H2,(H,10,14)(H,12,13);1H3,(H,3,4). The van der Waals surface area contributed by atoms with Gasteiger partial charge in [0, 0.05) is 13.1 Å². The van der Waals surface area contributed by atoms with Gasteiger partial charge in [-0.3, -0.25) is 14.4 Å². The lowest BCUT2D eigenvalue weighted by Gasteiger charge is -2.02. The van der Waals surface area contributed by atoms with Gasteiger partial charge >= 0.3 is 5.97 Å². The molecule has 0 radical (unpaired) electrons. The van der Waals surface area contributed by atoms with Crippen LogP contribution >= 0.6 is 0 Å². The Bertz CT molecular complexity index is 442. The topological polar surface area (TPSA) is 137 Å². The highest BCUT2D eigenvalue weighted by molar-refractivity contribution is 5.96. The first kappa shape index (κ1) is 15.4. The maximum absolute atomic E-state index is 11.2. The highest BCUT2D eigenvalue weighted by atomic mass is 16.4. The van der Waals surface area contributed by atoms with E-state index in [1.165, 1.54) is 18.3 Å².